The Balaban J connectivity index is 2.09. The third kappa shape index (κ3) is 2.28. The molecule has 0 unspecified atom stereocenters. The van der Waals surface area contributed by atoms with Crippen LogP contribution < -0.4 is 0 Å². The van der Waals surface area contributed by atoms with Gasteiger partial charge in [-0.15, -0.1) is 0 Å². The molecule has 2 aliphatic carbocycles. The van der Waals surface area contributed by atoms with Gasteiger partial charge in [-0.2, -0.15) is 0 Å². The Hall–Kier alpha value is -0.300. The van der Waals surface area contributed by atoms with Gasteiger partial charge in [-0.1, -0.05) is 11.6 Å². The fourth-order valence-corrected chi connectivity index (χ4v) is 3.45. The number of hydrogen-bond acceptors (Lipinski definition) is 1. The van der Waals surface area contributed by atoms with E-state index in [0.717, 1.165) is 11.8 Å². The van der Waals surface area contributed by atoms with Crippen LogP contribution in [-0.4, -0.2) is 10.7 Å². The Morgan fingerprint density at radius 3 is 2.67 bits per heavy atom. The highest BCUT2D eigenvalue weighted by Gasteiger charge is 2.38. The largest absolute Gasteiger partial charge is 0.390 e. The highest BCUT2D eigenvalue weighted by Crippen LogP contribution is 2.45. The van der Waals surface area contributed by atoms with Crippen LogP contribution in [0.25, 0.3) is 0 Å². The molecule has 1 N–H and O–H groups in total. The predicted octanol–water partition coefficient (Wildman–Crippen LogP) is 3.53. The summed E-state index contributed by atoms with van der Waals surface area (Å²) < 4.78 is 0. The van der Waals surface area contributed by atoms with Crippen molar-refractivity contribution in [3.05, 3.63) is 11.6 Å². The van der Waals surface area contributed by atoms with Gasteiger partial charge < -0.3 is 5.11 Å². The fraction of sp³-hybridized carbons (Fsp3) is 0.857. The van der Waals surface area contributed by atoms with E-state index in [-0.39, 0.29) is 0 Å². The fourth-order valence-electron chi connectivity index (χ4n) is 3.45. The van der Waals surface area contributed by atoms with Crippen LogP contribution in [0, 0.1) is 17.8 Å². The minimum atomic E-state index is -0.483. The maximum Gasteiger partial charge on any atom is 0.0620 e. The molecule has 0 aromatic rings. The molecular formula is C14H24O. The third-order valence-electron chi connectivity index (χ3n) is 4.58. The zero-order chi connectivity index (χ0) is 11.1. The average Bonchev–Trinajstić information content (AvgIpc) is 2.16. The standard InChI is InChI=1S/C14H24O/c1-10-5-4-6-11-7-8-12(9-13(10)11)14(2,3)15/h5,11-13,15H,4,6-9H2,1-3H3/t11-,12+,13-/m0/s1. The van der Waals surface area contributed by atoms with Gasteiger partial charge in [-0.3, -0.25) is 0 Å². The third-order valence-corrected chi connectivity index (χ3v) is 4.58. The summed E-state index contributed by atoms with van der Waals surface area (Å²) in [6, 6.07) is 0. The molecule has 1 heteroatoms. The van der Waals surface area contributed by atoms with Crippen LogP contribution in [0.3, 0.4) is 0 Å². The average molecular weight is 208 g/mol. The lowest BCUT2D eigenvalue weighted by atomic mass is 9.64. The topological polar surface area (TPSA) is 20.2 Å². The molecule has 2 aliphatic rings. The molecule has 1 saturated carbocycles. The van der Waals surface area contributed by atoms with Gasteiger partial charge in [0.2, 0.25) is 0 Å². The Morgan fingerprint density at radius 1 is 1.27 bits per heavy atom. The van der Waals surface area contributed by atoms with E-state index in [2.05, 4.69) is 13.0 Å². The van der Waals surface area contributed by atoms with Gasteiger partial charge >= 0.3 is 0 Å². The molecule has 0 amide bonds. The summed E-state index contributed by atoms with van der Waals surface area (Å²) in [5.41, 5.74) is 1.10. The lowest BCUT2D eigenvalue weighted by molar-refractivity contribution is -0.0177. The molecule has 0 bridgehead atoms. The highest BCUT2D eigenvalue weighted by molar-refractivity contribution is 5.11. The molecule has 0 heterocycles. The quantitative estimate of drug-likeness (QED) is 0.654. The second-order valence-corrected chi connectivity index (χ2v) is 6.06. The summed E-state index contributed by atoms with van der Waals surface area (Å²) in [4.78, 5) is 0. The van der Waals surface area contributed by atoms with Crippen LogP contribution >= 0.6 is 0 Å². The van der Waals surface area contributed by atoms with Crippen molar-refractivity contribution in [1.29, 1.82) is 0 Å². The normalized spacial score (nSPS) is 37.1. The maximum absolute atomic E-state index is 10.1. The molecule has 0 aromatic carbocycles. The van der Waals surface area contributed by atoms with E-state index in [1.165, 1.54) is 32.1 Å². The first-order chi connectivity index (χ1) is 6.98. The van der Waals surface area contributed by atoms with Crippen molar-refractivity contribution in [2.75, 3.05) is 0 Å². The van der Waals surface area contributed by atoms with Crippen LogP contribution in [0.2, 0.25) is 0 Å². The molecule has 86 valence electrons. The number of allylic oxidation sites excluding steroid dienone is 2. The molecule has 0 saturated heterocycles. The Kier molecular flexibility index (Phi) is 2.94. The van der Waals surface area contributed by atoms with Gasteiger partial charge in [0, 0.05) is 0 Å². The van der Waals surface area contributed by atoms with Crippen molar-refractivity contribution in [3.63, 3.8) is 0 Å². The van der Waals surface area contributed by atoms with E-state index in [4.69, 9.17) is 0 Å². The van der Waals surface area contributed by atoms with Gasteiger partial charge in [0.15, 0.2) is 0 Å². The van der Waals surface area contributed by atoms with Crippen molar-refractivity contribution >= 4 is 0 Å². The molecule has 2 rings (SSSR count). The predicted molar refractivity (Wildman–Crippen MR) is 63.6 cm³/mol. The molecule has 3 atom stereocenters. The maximum atomic E-state index is 10.1. The zero-order valence-electron chi connectivity index (χ0n) is 10.3. The summed E-state index contributed by atoms with van der Waals surface area (Å²) in [5.74, 6) is 2.18. The molecule has 0 aromatic heterocycles. The zero-order valence-corrected chi connectivity index (χ0v) is 10.3. The van der Waals surface area contributed by atoms with Crippen molar-refractivity contribution in [2.24, 2.45) is 17.8 Å². The molecule has 1 nitrogen and oxygen atoms in total. The number of aliphatic hydroxyl groups is 1. The number of fused-ring (bicyclic) bond motifs is 1. The first-order valence-corrected chi connectivity index (χ1v) is 6.37. The summed E-state index contributed by atoms with van der Waals surface area (Å²) in [7, 11) is 0. The lowest BCUT2D eigenvalue weighted by Gasteiger charge is -2.43. The Morgan fingerprint density at radius 2 is 2.00 bits per heavy atom. The Bertz CT molecular complexity index is 259. The molecule has 15 heavy (non-hydrogen) atoms. The van der Waals surface area contributed by atoms with Crippen LogP contribution in [-0.2, 0) is 0 Å². The van der Waals surface area contributed by atoms with Crippen molar-refractivity contribution in [1.82, 2.24) is 0 Å². The first kappa shape index (κ1) is 11.2. The molecule has 0 aliphatic heterocycles. The second kappa shape index (κ2) is 3.93. The van der Waals surface area contributed by atoms with Crippen LogP contribution in [0.1, 0.15) is 52.9 Å². The SMILES string of the molecule is CC1=CCC[C@H]2CC[C@@H](C(C)(C)O)C[C@@H]12. The molecule has 1 fully saturated rings. The van der Waals surface area contributed by atoms with E-state index in [0.29, 0.717) is 5.92 Å². The molecular weight excluding hydrogens is 184 g/mol. The van der Waals surface area contributed by atoms with Crippen molar-refractivity contribution < 1.29 is 5.11 Å². The number of rotatable bonds is 1. The Labute approximate surface area is 93.6 Å². The van der Waals surface area contributed by atoms with E-state index in [9.17, 15) is 5.11 Å². The highest BCUT2D eigenvalue weighted by atomic mass is 16.3. The molecule has 0 spiro atoms. The van der Waals surface area contributed by atoms with E-state index < -0.39 is 5.60 Å². The van der Waals surface area contributed by atoms with Gasteiger partial charge in [-0.05, 0) is 70.6 Å². The summed E-state index contributed by atoms with van der Waals surface area (Å²) >= 11 is 0. The summed E-state index contributed by atoms with van der Waals surface area (Å²) in [6.07, 6.45) is 8.81. The van der Waals surface area contributed by atoms with Crippen molar-refractivity contribution in [2.45, 2.75) is 58.5 Å². The number of hydrogen-bond donors (Lipinski definition) is 1. The van der Waals surface area contributed by atoms with Gasteiger partial charge in [0.25, 0.3) is 0 Å². The second-order valence-electron chi connectivity index (χ2n) is 6.06. The van der Waals surface area contributed by atoms with Gasteiger partial charge in [0.1, 0.15) is 0 Å². The minimum absolute atomic E-state index is 0.483. The van der Waals surface area contributed by atoms with Crippen LogP contribution in [0.15, 0.2) is 11.6 Å². The van der Waals surface area contributed by atoms with E-state index in [1.807, 2.05) is 13.8 Å². The summed E-state index contributed by atoms with van der Waals surface area (Å²) in [5, 5.41) is 10.1. The monoisotopic (exact) mass is 208 g/mol. The van der Waals surface area contributed by atoms with Crippen LogP contribution in [0.5, 0.6) is 0 Å². The van der Waals surface area contributed by atoms with E-state index in [1.54, 1.807) is 5.57 Å². The lowest BCUT2D eigenvalue weighted by Crippen LogP contribution is -2.38. The van der Waals surface area contributed by atoms with E-state index >= 15 is 0 Å². The summed E-state index contributed by atoms with van der Waals surface area (Å²) in [6.45, 7) is 6.23. The van der Waals surface area contributed by atoms with Gasteiger partial charge in [-0.25, -0.2) is 0 Å². The minimum Gasteiger partial charge on any atom is -0.390 e. The molecule has 0 radical (unpaired) electrons. The smallest absolute Gasteiger partial charge is 0.0620 e. The van der Waals surface area contributed by atoms with Crippen LogP contribution in [0.4, 0.5) is 0 Å². The van der Waals surface area contributed by atoms with Crippen molar-refractivity contribution in [3.8, 4) is 0 Å². The van der Waals surface area contributed by atoms with Gasteiger partial charge in [0.05, 0.1) is 5.60 Å². The first-order valence-electron chi connectivity index (χ1n) is 6.37.